The van der Waals surface area contributed by atoms with E-state index in [1.165, 1.54) is 0 Å². The van der Waals surface area contributed by atoms with Gasteiger partial charge in [0.25, 0.3) is 5.91 Å². The highest BCUT2D eigenvalue weighted by Gasteiger charge is 2.22. The molecule has 4 aromatic rings. The Balaban J connectivity index is 1.30. The van der Waals surface area contributed by atoms with E-state index in [0.717, 1.165) is 46.4 Å². The molecule has 40 heavy (non-hydrogen) atoms. The number of hydroxylamine groups is 2. The average molecular weight is 546 g/mol. The van der Waals surface area contributed by atoms with Crippen LogP contribution in [0, 0.1) is 5.92 Å². The molecule has 0 radical (unpaired) electrons. The third kappa shape index (κ3) is 7.57. The zero-order valence-electron chi connectivity index (χ0n) is 22.8. The summed E-state index contributed by atoms with van der Waals surface area (Å²) >= 11 is 0. The molecule has 0 bridgehead atoms. The highest BCUT2D eigenvalue weighted by Crippen LogP contribution is 2.26. The fraction of sp³-hybridized carbons (Fsp3) is 0.333. The third-order valence-electron chi connectivity index (χ3n) is 6.66. The van der Waals surface area contributed by atoms with Crippen LogP contribution in [0.3, 0.4) is 0 Å². The average Bonchev–Trinajstić information content (AvgIpc) is 3.62. The Morgan fingerprint density at radius 2 is 1.93 bits per heavy atom. The number of nitrogens with one attached hydrogen (secondary N) is 2. The zero-order valence-corrected chi connectivity index (χ0v) is 22.8. The number of amides is 3. The summed E-state index contributed by atoms with van der Waals surface area (Å²) in [5.74, 6) is -0.512. The minimum atomic E-state index is -0.485. The van der Waals surface area contributed by atoms with Crippen LogP contribution >= 0.6 is 0 Å². The first-order valence-electron chi connectivity index (χ1n) is 13.4. The Morgan fingerprint density at radius 1 is 1.10 bits per heavy atom. The van der Waals surface area contributed by atoms with Crippen molar-refractivity contribution in [3.63, 3.8) is 0 Å². The van der Waals surface area contributed by atoms with E-state index in [4.69, 9.17) is 9.25 Å². The van der Waals surface area contributed by atoms with Gasteiger partial charge in [-0.15, -0.1) is 0 Å². The Morgan fingerprint density at radius 3 is 2.70 bits per heavy atom. The fourth-order valence-electron chi connectivity index (χ4n) is 4.38. The first kappa shape index (κ1) is 28.6. The van der Waals surface area contributed by atoms with E-state index in [2.05, 4.69) is 22.7 Å². The lowest BCUT2D eigenvalue weighted by molar-refractivity contribution is -0.182. The first-order chi connectivity index (χ1) is 19.5. The van der Waals surface area contributed by atoms with Gasteiger partial charge in [-0.25, -0.2) is 5.06 Å². The highest BCUT2D eigenvalue weighted by molar-refractivity contribution is 5.92. The molecule has 0 fully saturated rings. The second kappa shape index (κ2) is 14.1. The molecule has 2 N–H and O–H groups in total. The standard InChI is InChI=1S/C30H35N5O5/c1-3-4-6-11-25(18-35(21-36)39-19-22-9-7-5-8-10-22)29(37)31-20-32-30(38)28-15-14-27(40-28)23-12-13-24-17-33-34(2)26(24)16-23/h5,7-10,12-17,21,25H,3-4,6,11,18-20H2,1-2H3,(H,31,37)(H,32,38). The van der Waals surface area contributed by atoms with Crippen LogP contribution in [0.5, 0.6) is 0 Å². The molecule has 0 saturated heterocycles. The maximum Gasteiger partial charge on any atom is 0.288 e. The van der Waals surface area contributed by atoms with Gasteiger partial charge >= 0.3 is 0 Å². The van der Waals surface area contributed by atoms with Crippen LogP contribution in [0.2, 0.25) is 0 Å². The maximum absolute atomic E-state index is 13.0. The normalized spacial score (nSPS) is 11.8. The Bertz CT molecular complexity index is 1410. The van der Waals surface area contributed by atoms with Crippen molar-refractivity contribution in [2.75, 3.05) is 13.2 Å². The predicted octanol–water partition coefficient (Wildman–Crippen LogP) is 4.42. The molecule has 1 atom stereocenters. The number of benzene rings is 2. The number of aromatic nitrogens is 2. The lowest BCUT2D eigenvalue weighted by Crippen LogP contribution is -2.43. The van der Waals surface area contributed by atoms with E-state index in [9.17, 15) is 14.4 Å². The van der Waals surface area contributed by atoms with Gasteiger partial charge in [0.2, 0.25) is 12.3 Å². The van der Waals surface area contributed by atoms with Crippen molar-refractivity contribution in [3.05, 3.63) is 78.2 Å². The van der Waals surface area contributed by atoms with Crippen LogP contribution in [0.1, 0.15) is 48.7 Å². The van der Waals surface area contributed by atoms with E-state index in [0.29, 0.717) is 18.6 Å². The number of fused-ring (bicyclic) bond motifs is 1. The van der Waals surface area contributed by atoms with Crippen molar-refractivity contribution < 1.29 is 23.6 Å². The lowest BCUT2D eigenvalue weighted by Gasteiger charge is -2.23. The third-order valence-corrected chi connectivity index (χ3v) is 6.66. The fourth-order valence-corrected chi connectivity index (χ4v) is 4.38. The molecule has 2 aromatic heterocycles. The minimum Gasteiger partial charge on any atom is -0.451 e. The molecular formula is C30H35N5O5. The van der Waals surface area contributed by atoms with Crippen LogP contribution in [0.25, 0.3) is 22.2 Å². The molecule has 1 unspecified atom stereocenters. The second-order valence-electron chi connectivity index (χ2n) is 9.59. The van der Waals surface area contributed by atoms with Crippen molar-refractivity contribution >= 4 is 29.1 Å². The number of rotatable bonds is 15. The van der Waals surface area contributed by atoms with Gasteiger partial charge in [0.15, 0.2) is 5.76 Å². The molecule has 0 spiro atoms. The summed E-state index contributed by atoms with van der Waals surface area (Å²) < 4.78 is 7.56. The predicted molar refractivity (Wildman–Crippen MR) is 151 cm³/mol. The van der Waals surface area contributed by atoms with Gasteiger partial charge in [-0.1, -0.05) is 68.7 Å². The Hall–Kier alpha value is -4.44. The van der Waals surface area contributed by atoms with Gasteiger partial charge < -0.3 is 15.1 Å². The summed E-state index contributed by atoms with van der Waals surface area (Å²) in [5, 5.41) is 11.8. The number of nitrogens with zero attached hydrogens (tertiary/aromatic N) is 3. The highest BCUT2D eigenvalue weighted by atomic mass is 16.7. The van der Waals surface area contributed by atoms with Gasteiger partial charge in [0.05, 0.1) is 30.8 Å². The number of unbranched alkanes of at least 4 members (excludes halogenated alkanes) is 2. The van der Waals surface area contributed by atoms with E-state index < -0.39 is 11.8 Å². The van der Waals surface area contributed by atoms with Gasteiger partial charge in [-0.3, -0.25) is 23.9 Å². The van der Waals surface area contributed by atoms with Crippen molar-refractivity contribution in [2.24, 2.45) is 13.0 Å². The van der Waals surface area contributed by atoms with Gasteiger partial charge in [-0.05, 0) is 30.2 Å². The van der Waals surface area contributed by atoms with Crippen molar-refractivity contribution in [3.8, 4) is 11.3 Å². The smallest absolute Gasteiger partial charge is 0.288 e. The van der Waals surface area contributed by atoms with Crippen LogP contribution in [0.15, 0.2) is 71.3 Å². The summed E-state index contributed by atoms with van der Waals surface area (Å²) in [5.41, 5.74) is 2.70. The molecule has 4 rings (SSSR count). The topological polar surface area (TPSA) is 119 Å². The number of carbonyl (C=O) groups excluding carboxylic acids is 3. The molecule has 0 saturated carbocycles. The summed E-state index contributed by atoms with van der Waals surface area (Å²) in [4.78, 5) is 42.9. The molecule has 2 heterocycles. The van der Waals surface area contributed by atoms with Gasteiger partial charge in [0.1, 0.15) is 12.4 Å². The van der Waals surface area contributed by atoms with E-state index >= 15 is 0 Å². The summed E-state index contributed by atoms with van der Waals surface area (Å²) in [6.07, 6.45) is 5.79. The molecule has 0 aliphatic carbocycles. The molecule has 10 nitrogen and oxygen atoms in total. The quantitative estimate of drug-likeness (QED) is 0.0988. The van der Waals surface area contributed by atoms with Crippen LogP contribution in [-0.4, -0.2) is 46.3 Å². The van der Waals surface area contributed by atoms with Crippen molar-refractivity contribution in [1.82, 2.24) is 25.5 Å². The lowest BCUT2D eigenvalue weighted by atomic mass is 10.0. The monoisotopic (exact) mass is 545 g/mol. The zero-order chi connectivity index (χ0) is 28.3. The minimum absolute atomic E-state index is 0.0785. The Kier molecular flexibility index (Phi) is 10.1. The van der Waals surface area contributed by atoms with Crippen molar-refractivity contribution in [2.45, 2.75) is 39.2 Å². The van der Waals surface area contributed by atoms with Crippen LogP contribution < -0.4 is 10.6 Å². The number of carbonyl (C=O) groups is 3. The Labute approximate surface area is 233 Å². The molecule has 2 aromatic carbocycles. The SMILES string of the molecule is CCCCCC(CN(C=O)OCc1ccccc1)C(=O)NCNC(=O)c1ccc(-c2ccc3cnn(C)c3c2)o1. The van der Waals surface area contributed by atoms with E-state index in [1.807, 2.05) is 55.6 Å². The maximum atomic E-state index is 13.0. The largest absolute Gasteiger partial charge is 0.451 e. The second-order valence-corrected chi connectivity index (χ2v) is 9.59. The molecule has 10 heteroatoms. The molecule has 3 amide bonds. The van der Waals surface area contributed by atoms with Crippen LogP contribution in [-0.2, 0) is 28.1 Å². The molecule has 0 aliphatic rings. The molecule has 0 aliphatic heterocycles. The van der Waals surface area contributed by atoms with E-state index in [-0.39, 0.29) is 31.5 Å². The number of hydrogen-bond acceptors (Lipinski definition) is 6. The summed E-state index contributed by atoms with van der Waals surface area (Å²) in [6, 6.07) is 18.6. The summed E-state index contributed by atoms with van der Waals surface area (Å²) in [6.45, 7) is 2.34. The van der Waals surface area contributed by atoms with E-state index in [1.54, 1.807) is 23.0 Å². The number of furan rings is 1. The molecule has 210 valence electrons. The van der Waals surface area contributed by atoms with Gasteiger partial charge in [-0.2, -0.15) is 5.10 Å². The molecular weight excluding hydrogens is 510 g/mol. The van der Waals surface area contributed by atoms with Crippen molar-refractivity contribution in [1.29, 1.82) is 0 Å². The summed E-state index contributed by atoms with van der Waals surface area (Å²) in [7, 11) is 1.87. The number of hydrogen-bond donors (Lipinski definition) is 2. The van der Waals surface area contributed by atoms with Crippen LogP contribution in [0.4, 0.5) is 0 Å². The first-order valence-corrected chi connectivity index (χ1v) is 13.4. The van der Waals surface area contributed by atoms with Gasteiger partial charge in [0, 0.05) is 18.0 Å². The number of aryl methyl sites for hydroxylation is 1.